The van der Waals surface area contributed by atoms with Gasteiger partial charge in [-0.1, -0.05) is 102 Å². The van der Waals surface area contributed by atoms with Gasteiger partial charge in [0.15, 0.2) is 22.9 Å². The van der Waals surface area contributed by atoms with E-state index >= 15 is 0 Å². The number of azo groups is 2. The molecular formula is C48H30Cl2N6O5. The van der Waals surface area contributed by atoms with E-state index in [1.807, 2.05) is 36.4 Å². The normalized spacial score (nSPS) is 11.6. The maximum Gasteiger partial charge on any atom is 0.259 e. The van der Waals surface area contributed by atoms with Gasteiger partial charge in [-0.05, 0) is 83.1 Å². The second kappa shape index (κ2) is 16.5. The molecule has 9 rings (SSSR count). The second-order valence-corrected chi connectivity index (χ2v) is 14.7. The van der Waals surface area contributed by atoms with Crippen LogP contribution in [0.1, 0.15) is 26.3 Å². The molecule has 0 aliphatic heterocycles. The molecule has 0 aliphatic carbocycles. The van der Waals surface area contributed by atoms with Crippen molar-refractivity contribution in [3.05, 3.63) is 178 Å². The largest absolute Gasteiger partial charge is 0.505 e. The van der Waals surface area contributed by atoms with Gasteiger partial charge in [-0.25, -0.2) is 4.98 Å². The number of phenols is 2. The zero-order valence-corrected chi connectivity index (χ0v) is 33.3. The smallest absolute Gasteiger partial charge is 0.259 e. The van der Waals surface area contributed by atoms with Crippen molar-refractivity contribution < 1.29 is 24.2 Å². The first-order chi connectivity index (χ1) is 29.7. The molecule has 0 atom stereocenters. The maximum absolute atomic E-state index is 13.4. The number of benzene rings is 8. The van der Waals surface area contributed by atoms with Crippen molar-refractivity contribution in [3.8, 4) is 23.0 Å². The number of amides is 1. The summed E-state index contributed by atoms with van der Waals surface area (Å²) >= 11 is 12.6. The van der Waals surface area contributed by atoms with Crippen LogP contribution >= 0.6 is 23.2 Å². The Balaban J connectivity index is 0.956. The number of fused-ring (bicyclic) bond motifs is 3. The number of nitrogens with zero attached hydrogens (tertiary/aromatic N) is 5. The first-order valence-electron chi connectivity index (χ1n) is 18.9. The summed E-state index contributed by atoms with van der Waals surface area (Å²) < 4.78 is 6.13. The van der Waals surface area contributed by atoms with E-state index in [0.717, 1.165) is 5.39 Å². The first-order valence-corrected chi connectivity index (χ1v) is 19.6. The number of aromatic hydroxyl groups is 2. The number of para-hydroxylation sites is 1. The first kappa shape index (κ1) is 38.8. The van der Waals surface area contributed by atoms with Crippen LogP contribution < -0.4 is 5.32 Å². The fourth-order valence-electron chi connectivity index (χ4n) is 6.87. The highest BCUT2D eigenvalue weighted by Crippen LogP contribution is 2.42. The van der Waals surface area contributed by atoms with E-state index < -0.39 is 5.91 Å². The Hall–Kier alpha value is -7.73. The zero-order chi connectivity index (χ0) is 42.0. The maximum atomic E-state index is 13.4. The van der Waals surface area contributed by atoms with E-state index in [1.165, 1.54) is 0 Å². The second-order valence-electron chi connectivity index (χ2n) is 13.9. The number of hydrogen-bond donors (Lipinski definition) is 3. The zero-order valence-electron chi connectivity index (χ0n) is 31.8. The monoisotopic (exact) mass is 840 g/mol. The molecule has 1 aromatic heterocycles. The summed E-state index contributed by atoms with van der Waals surface area (Å²) in [7, 11) is 0. The number of halogens is 2. The molecule has 9 aromatic rings. The van der Waals surface area contributed by atoms with Crippen molar-refractivity contribution in [3.63, 3.8) is 0 Å². The highest BCUT2D eigenvalue weighted by atomic mass is 35.5. The molecule has 11 nitrogen and oxygen atoms in total. The van der Waals surface area contributed by atoms with Crippen LogP contribution in [0.5, 0.6) is 11.5 Å². The van der Waals surface area contributed by atoms with E-state index in [2.05, 4.69) is 30.8 Å². The molecule has 0 bridgehead atoms. The minimum atomic E-state index is -0.553. The summed E-state index contributed by atoms with van der Waals surface area (Å²) in [4.78, 5) is 31.4. The molecule has 0 aliphatic rings. The number of hydrogen-bond acceptors (Lipinski definition) is 10. The summed E-state index contributed by atoms with van der Waals surface area (Å²) in [5.41, 5.74) is 4.09. The Morgan fingerprint density at radius 2 is 1.18 bits per heavy atom. The van der Waals surface area contributed by atoms with Crippen LogP contribution in [0.15, 0.2) is 177 Å². The lowest BCUT2D eigenvalue weighted by Crippen LogP contribution is -2.12. The minimum Gasteiger partial charge on any atom is -0.505 e. The lowest BCUT2D eigenvalue weighted by atomic mass is 9.97. The number of Topliss-reactive ketones (excluding diaryl/α,β-unsaturated/α-hetero) is 1. The molecule has 61 heavy (non-hydrogen) atoms. The van der Waals surface area contributed by atoms with Gasteiger partial charge in [0.05, 0.1) is 33.2 Å². The predicted octanol–water partition coefficient (Wildman–Crippen LogP) is 14.0. The number of nitrogens with one attached hydrogen (secondary N) is 1. The number of rotatable bonds is 10. The van der Waals surface area contributed by atoms with Crippen molar-refractivity contribution >= 4 is 96.0 Å². The minimum absolute atomic E-state index is 0.00370. The van der Waals surface area contributed by atoms with E-state index in [-0.39, 0.29) is 46.2 Å². The van der Waals surface area contributed by atoms with Crippen molar-refractivity contribution in [2.75, 3.05) is 5.32 Å². The lowest BCUT2D eigenvalue weighted by molar-refractivity contribution is 0.0988. The lowest BCUT2D eigenvalue weighted by Gasteiger charge is -2.12. The molecule has 0 fully saturated rings. The number of phenolic OH excluding ortho intramolecular Hbond substituents is 2. The summed E-state index contributed by atoms with van der Waals surface area (Å²) in [6, 6.07) is 43.9. The highest BCUT2D eigenvalue weighted by molar-refractivity contribution is 6.34. The van der Waals surface area contributed by atoms with Crippen molar-refractivity contribution in [2.45, 2.75) is 6.42 Å². The summed E-state index contributed by atoms with van der Waals surface area (Å²) in [5, 5.41) is 46.5. The molecule has 0 unspecified atom stereocenters. The quantitative estimate of drug-likeness (QED) is 0.0917. The van der Waals surface area contributed by atoms with Gasteiger partial charge in [-0.15, -0.1) is 10.2 Å². The third kappa shape index (κ3) is 7.90. The number of carbonyl (C=O) groups excluding carboxylic acids is 2. The van der Waals surface area contributed by atoms with Crippen LogP contribution in [0.25, 0.3) is 44.1 Å². The Labute approximate surface area is 357 Å². The average Bonchev–Trinajstić information content (AvgIpc) is 3.71. The number of aromatic nitrogens is 1. The van der Waals surface area contributed by atoms with Crippen LogP contribution in [-0.4, -0.2) is 26.9 Å². The van der Waals surface area contributed by atoms with Gasteiger partial charge in [0.1, 0.15) is 16.9 Å². The Bertz CT molecular complexity index is 3260. The molecular weight excluding hydrogens is 811 g/mol. The van der Waals surface area contributed by atoms with E-state index in [1.54, 1.807) is 115 Å². The highest BCUT2D eigenvalue weighted by Gasteiger charge is 2.21. The van der Waals surface area contributed by atoms with Gasteiger partial charge in [0.25, 0.3) is 5.91 Å². The molecule has 3 N–H and O–H groups in total. The molecule has 8 aromatic carbocycles. The summed E-state index contributed by atoms with van der Waals surface area (Å²) in [6.45, 7) is 0. The van der Waals surface area contributed by atoms with Gasteiger partial charge in [-0.3, -0.25) is 9.59 Å². The third-order valence-corrected chi connectivity index (χ3v) is 10.7. The van der Waals surface area contributed by atoms with Gasteiger partial charge in [-0.2, -0.15) is 10.2 Å². The van der Waals surface area contributed by atoms with E-state index in [9.17, 15) is 19.8 Å². The average molecular weight is 842 g/mol. The summed E-state index contributed by atoms with van der Waals surface area (Å²) in [6.07, 6.45) is 0.00370. The third-order valence-electron chi connectivity index (χ3n) is 9.98. The molecule has 0 spiro atoms. The Kier molecular flexibility index (Phi) is 10.5. The number of anilines is 1. The van der Waals surface area contributed by atoms with Gasteiger partial charge in [0.2, 0.25) is 5.89 Å². The van der Waals surface area contributed by atoms with Crippen LogP contribution in [-0.2, 0) is 6.42 Å². The Morgan fingerprint density at radius 1 is 0.607 bits per heavy atom. The number of carbonyl (C=O) groups is 2. The van der Waals surface area contributed by atoms with Crippen LogP contribution in [0.4, 0.5) is 28.4 Å². The van der Waals surface area contributed by atoms with Gasteiger partial charge >= 0.3 is 0 Å². The van der Waals surface area contributed by atoms with Crippen LogP contribution in [0.3, 0.4) is 0 Å². The number of oxazole rings is 1. The fourth-order valence-corrected chi connectivity index (χ4v) is 7.26. The van der Waals surface area contributed by atoms with Crippen LogP contribution in [0.2, 0.25) is 10.0 Å². The fraction of sp³-hybridized carbons (Fsp3) is 0.0208. The molecule has 296 valence electrons. The molecule has 13 heteroatoms. The standard InChI is InChI=1S/C48H30Cl2N6O5/c49-37-14-6-3-11-30(37)25-41(57)35-23-28-9-1-4-12-33(28)43(45(35)58)56-54-32-21-22-40-42(26-32)61-48(52-40)27-17-19-31(20-18-27)53-55-44-34-13-5-2-10-29(34)24-36(46(44)59)47(60)51-39-16-8-7-15-38(39)50/h1-24,26,58-59H,25H2,(H,51,60). The molecule has 1 amide bonds. The molecule has 0 saturated carbocycles. The molecule has 0 radical (unpaired) electrons. The van der Waals surface area contributed by atoms with Crippen LogP contribution in [0, 0.1) is 0 Å². The van der Waals surface area contributed by atoms with Crippen molar-refractivity contribution in [1.29, 1.82) is 0 Å². The van der Waals surface area contributed by atoms with Gasteiger partial charge < -0.3 is 19.9 Å². The topological polar surface area (TPSA) is 162 Å². The van der Waals surface area contributed by atoms with Gasteiger partial charge in [0, 0.05) is 33.8 Å². The SMILES string of the molecule is O=C(Cc1ccccc1Cl)c1cc2ccccc2c(N=Nc2ccc3nc(-c4ccc(N=Nc5c(O)c(C(=O)Nc6ccccc6Cl)cc6ccccc56)cc4)oc3c2)c1O. The van der Waals surface area contributed by atoms with Crippen molar-refractivity contribution in [2.24, 2.45) is 20.5 Å². The van der Waals surface area contributed by atoms with E-state index in [4.69, 9.17) is 27.6 Å². The molecule has 1 heterocycles. The van der Waals surface area contributed by atoms with Crippen molar-refractivity contribution in [1.82, 2.24) is 4.98 Å². The predicted molar refractivity (Wildman–Crippen MR) is 238 cm³/mol. The summed E-state index contributed by atoms with van der Waals surface area (Å²) in [5.74, 6) is -1.12. The number of ketones is 1. The Morgan fingerprint density at radius 3 is 1.87 bits per heavy atom. The van der Waals surface area contributed by atoms with E-state index in [0.29, 0.717) is 71.4 Å². The molecule has 0 saturated heterocycles.